The van der Waals surface area contributed by atoms with E-state index in [4.69, 9.17) is 24.1 Å². The van der Waals surface area contributed by atoms with Gasteiger partial charge in [-0.05, 0) is 72.6 Å². The highest BCUT2D eigenvalue weighted by Gasteiger charge is 2.65. The molecule has 2 bridgehead atoms. The van der Waals surface area contributed by atoms with Crippen molar-refractivity contribution in [2.45, 2.75) is 83.3 Å². The molecule has 4 aromatic rings. The highest BCUT2D eigenvalue weighted by Crippen LogP contribution is 2.54. The van der Waals surface area contributed by atoms with Crippen LogP contribution < -0.4 is 0 Å². The maximum Gasteiger partial charge on any atom is 0.303 e. The zero-order valence-electron chi connectivity index (χ0n) is 27.0. The molecule has 46 heavy (non-hydrogen) atoms. The summed E-state index contributed by atoms with van der Waals surface area (Å²) >= 11 is 0. The van der Waals surface area contributed by atoms with Gasteiger partial charge in [-0.25, -0.2) is 0 Å². The van der Waals surface area contributed by atoms with Gasteiger partial charge in [-0.2, -0.15) is 0 Å². The normalized spacial score (nSPS) is 25.4. The fraction of sp³-hybridized carbons (Fsp3) is 0.375. The van der Waals surface area contributed by atoms with Crippen LogP contribution in [0.2, 0.25) is 0 Å². The Morgan fingerprint density at radius 2 is 1.48 bits per heavy atom. The van der Waals surface area contributed by atoms with E-state index in [1.54, 1.807) is 0 Å². The molecule has 6 rings (SSSR count). The van der Waals surface area contributed by atoms with Crippen molar-refractivity contribution in [1.29, 1.82) is 0 Å². The van der Waals surface area contributed by atoms with Gasteiger partial charge in [-0.1, -0.05) is 104 Å². The van der Waals surface area contributed by atoms with Crippen molar-refractivity contribution in [3.05, 3.63) is 142 Å². The summed E-state index contributed by atoms with van der Waals surface area (Å²) in [5, 5.41) is 8.96. The van der Waals surface area contributed by atoms with Gasteiger partial charge in [0.05, 0.1) is 31.5 Å². The topological polar surface area (TPSA) is 74.2 Å². The van der Waals surface area contributed by atoms with Crippen molar-refractivity contribution >= 4 is 5.97 Å². The third-order valence-electron chi connectivity index (χ3n) is 9.67. The van der Waals surface area contributed by atoms with Gasteiger partial charge in [0.1, 0.15) is 6.10 Å². The van der Waals surface area contributed by atoms with Gasteiger partial charge in [0.15, 0.2) is 0 Å². The molecule has 0 spiro atoms. The standard InChI is InChI=1S/C40H44O6/c1-28-17-22-35(24-34(28)23-31-20-18-30(19-21-31)15-10-16-36(41)42)40-38(44-26-33-13-8-5-9-14-33)37(29(2)39(3,46-40)27-45-40)43-25-32-11-6-4-7-12-32/h4-9,11-14,17-22,24,29,37-38H,10,15-16,23,25-27H2,1-3H3,(H,41,42)/t29-,37-,38+,39-,40-/m0/s1. The number of aliphatic carboxylic acids is 1. The lowest BCUT2D eigenvalue weighted by Crippen LogP contribution is -2.61. The minimum Gasteiger partial charge on any atom is -0.481 e. The second-order valence-electron chi connectivity index (χ2n) is 13.0. The van der Waals surface area contributed by atoms with Crippen LogP contribution in [0.3, 0.4) is 0 Å². The monoisotopic (exact) mass is 620 g/mol. The van der Waals surface area contributed by atoms with Crippen LogP contribution in [0.1, 0.15) is 65.6 Å². The predicted octanol–water partition coefficient (Wildman–Crippen LogP) is 7.77. The summed E-state index contributed by atoms with van der Waals surface area (Å²) < 4.78 is 27.3. The first-order chi connectivity index (χ1) is 22.3. The van der Waals surface area contributed by atoms with Crippen molar-refractivity contribution < 1.29 is 28.8 Å². The number of ether oxygens (including phenoxy) is 4. The Balaban J connectivity index is 1.30. The molecule has 0 aromatic heterocycles. The van der Waals surface area contributed by atoms with Crippen molar-refractivity contribution in [2.24, 2.45) is 5.92 Å². The number of carboxylic acids is 1. The molecular weight excluding hydrogens is 576 g/mol. The smallest absolute Gasteiger partial charge is 0.303 e. The lowest BCUT2D eigenvalue weighted by molar-refractivity contribution is -0.330. The molecule has 2 aliphatic heterocycles. The Hall–Kier alpha value is -3.81. The van der Waals surface area contributed by atoms with Crippen LogP contribution in [-0.4, -0.2) is 35.5 Å². The molecule has 0 radical (unpaired) electrons. The number of rotatable bonds is 13. The molecule has 2 heterocycles. The second-order valence-corrected chi connectivity index (χ2v) is 13.0. The van der Waals surface area contributed by atoms with E-state index in [1.807, 2.05) is 36.4 Å². The molecule has 2 fully saturated rings. The molecule has 5 atom stereocenters. The van der Waals surface area contributed by atoms with Gasteiger partial charge >= 0.3 is 5.97 Å². The Morgan fingerprint density at radius 1 is 0.848 bits per heavy atom. The van der Waals surface area contributed by atoms with Crippen LogP contribution >= 0.6 is 0 Å². The van der Waals surface area contributed by atoms with E-state index >= 15 is 0 Å². The van der Waals surface area contributed by atoms with Gasteiger partial charge in [0, 0.05) is 17.9 Å². The molecule has 6 heteroatoms. The molecule has 1 N–H and O–H groups in total. The molecule has 4 aromatic carbocycles. The predicted molar refractivity (Wildman–Crippen MR) is 177 cm³/mol. The number of fused-ring (bicyclic) bond motifs is 2. The zero-order valence-corrected chi connectivity index (χ0v) is 27.0. The van der Waals surface area contributed by atoms with Crippen LogP contribution in [0.5, 0.6) is 0 Å². The number of hydrogen-bond acceptors (Lipinski definition) is 5. The third kappa shape index (κ3) is 6.96. The minimum atomic E-state index is -1.13. The lowest BCUT2D eigenvalue weighted by Gasteiger charge is -2.49. The molecule has 0 aliphatic carbocycles. The lowest BCUT2D eigenvalue weighted by atomic mass is 9.78. The van der Waals surface area contributed by atoms with Gasteiger partial charge in [-0.15, -0.1) is 0 Å². The van der Waals surface area contributed by atoms with Crippen LogP contribution in [0.15, 0.2) is 103 Å². The highest BCUT2D eigenvalue weighted by atomic mass is 16.8. The number of carboxylic acid groups (broad SMARTS) is 1. The summed E-state index contributed by atoms with van der Waals surface area (Å²) in [5.41, 5.74) is 7.29. The molecule has 0 unspecified atom stereocenters. The van der Waals surface area contributed by atoms with Crippen LogP contribution in [0.25, 0.3) is 0 Å². The van der Waals surface area contributed by atoms with E-state index < -0.39 is 23.5 Å². The Morgan fingerprint density at radius 3 is 2.13 bits per heavy atom. The Labute approximate surface area is 272 Å². The summed E-state index contributed by atoms with van der Waals surface area (Å²) in [6.45, 7) is 7.76. The molecule has 6 nitrogen and oxygen atoms in total. The molecule has 0 saturated carbocycles. The zero-order chi connectivity index (χ0) is 32.1. The Kier molecular flexibility index (Phi) is 9.71. The van der Waals surface area contributed by atoms with Gasteiger partial charge in [0.25, 0.3) is 0 Å². The second kappa shape index (κ2) is 13.9. The quantitative estimate of drug-likeness (QED) is 0.165. The molecular formula is C40H44O6. The number of carbonyl (C=O) groups is 1. The van der Waals surface area contributed by atoms with Crippen molar-refractivity contribution in [1.82, 2.24) is 0 Å². The van der Waals surface area contributed by atoms with E-state index in [-0.39, 0.29) is 18.4 Å². The Bertz CT molecular complexity index is 1600. The fourth-order valence-electron chi connectivity index (χ4n) is 6.68. The first-order valence-corrected chi connectivity index (χ1v) is 16.3. The maximum absolute atomic E-state index is 10.9. The highest BCUT2D eigenvalue weighted by molar-refractivity contribution is 5.66. The molecule has 240 valence electrons. The van der Waals surface area contributed by atoms with Crippen LogP contribution in [0.4, 0.5) is 0 Å². The summed E-state index contributed by atoms with van der Waals surface area (Å²) in [4.78, 5) is 10.9. The van der Waals surface area contributed by atoms with E-state index in [9.17, 15) is 4.79 Å². The maximum atomic E-state index is 10.9. The molecule has 2 saturated heterocycles. The number of hydrogen-bond donors (Lipinski definition) is 1. The number of benzene rings is 4. The summed E-state index contributed by atoms with van der Waals surface area (Å²) in [5.74, 6) is -1.86. The van der Waals surface area contributed by atoms with E-state index in [1.165, 1.54) is 16.7 Å². The van der Waals surface area contributed by atoms with Crippen molar-refractivity contribution in [3.8, 4) is 0 Å². The summed E-state index contributed by atoms with van der Waals surface area (Å²) in [6.07, 6.45) is 1.55. The van der Waals surface area contributed by atoms with E-state index in [0.717, 1.165) is 35.1 Å². The first kappa shape index (κ1) is 32.1. The number of aryl methyl sites for hydroxylation is 2. The van der Waals surface area contributed by atoms with Crippen molar-refractivity contribution in [2.75, 3.05) is 6.61 Å². The van der Waals surface area contributed by atoms with Gasteiger partial charge in [-0.3, -0.25) is 4.79 Å². The SMILES string of the molecule is Cc1ccc([C@]23OC[C@](C)(O2)[C@@H](C)[C@H](OCc2ccccc2)[C@H]3OCc2ccccc2)cc1Cc1ccc(CCCC(=O)O)cc1. The fourth-order valence-corrected chi connectivity index (χ4v) is 6.68. The molecule has 2 aliphatic rings. The van der Waals surface area contributed by atoms with E-state index in [2.05, 4.69) is 87.5 Å². The molecule has 0 amide bonds. The summed E-state index contributed by atoms with van der Waals surface area (Å²) in [6, 6.07) is 35.4. The van der Waals surface area contributed by atoms with E-state index in [0.29, 0.717) is 26.2 Å². The summed E-state index contributed by atoms with van der Waals surface area (Å²) in [7, 11) is 0. The van der Waals surface area contributed by atoms with Crippen LogP contribution in [0, 0.1) is 12.8 Å². The first-order valence-electron chi connectivity index (χ1n) is 16.3. The van der Waals surface area contributed by atoms with Gasteiger partial charge in [0.2, 0.25) is 5.79 Å². The van der Waals surface area contributed by atoms with Crippen molar-refractivity contribution in [3.63, 3.8) is 0 Å². The van der Waals surface area contributed by atoms with Gasteiger partial charge < -0.3 is 24.1 Å². The van der Waals surface area contributed by atoms with Crippen LogP contribution in [-0.2, 0) is 55.6 Å². The average molecular weight is 621 g/mol. The average Bonchev–Trinajstić information content (AvgIpc) is 3.40. The third-order valence-corrected chi connectivity index (χ3v) is 9.67. The largest absolute Gasteiger partial charge is 0.481 e. The minimum absolute atomic E-state index is 0.0199.